The van der Waals surface area contributed by atoms with Crippen LogP contribution in [0.4, 0.5) is 0 Å². The van der Waals surface area contributed by atoms with Crippen molar-refractivity contribution >= 4 is 22.6 Å². The largest absolute Gasteiger partial charge is 0.352 e. The standard InChI is InChI=1S/C25H35N5O2/c1-3-5-7-9-11-15-27-24(31)19-18-20-23(30(22(19)26)17-12-8-6-4-2)28-21-14-10-13-16-29(21)25(20)32/h10,13-14,16,18,26H,3-9,11-12,15,17H2,1-2H3,(H,27,31). The van der Waals surface area contributed by atoms with E-state index in [1.54, 1.807) is 29.0 Å². The molecular weight excluding hydrogens is 402 g/mol. The summed E-state index contributed by atoms with van der Waals surface area (Å²) < 4.78 is 3.22. The van der Waals surface area contributed by atoms with Crippen LogP contribution in [0.1, 0.15) is 82.0 Å². The fraction of sp³-hybridized carbons (Fsp3) is 0.520. The molecule has 7 heteroatoms. The molecule has 1 amide bonds. The molecule has 3 aromatic heterocycles. The number of pyridine rings is 2. The van der Waals surface area contributed by atoms with E-state index in [0.717, 1.165) is 38.5 Å². The van der Waals surface area contributed by atoms with Crippen molar-refractivity contribution < 1.29 is 4.79 Å². The third-order valence-electron chi connectivity index (χ3n) is 5.86. The van der Waals surface area contributed by atoms with E-state index >= 15 is 0 Å². The van der Waals surface area contributed by atoms with Crippen LogP contribution in [0, 0.1) is 5.41 Å². The molecule has 0 spiro atoms. The minimum absolute atomic E-state index is 0.115. The molecule has 0 fully saturated rings. The summed E-state index contributed by atoms with van der Waals surface area (Å²) >= 11 is 0. The molecule has 0 saturated carbocycles. The van der Waals surface area contributed by atoms with Crippen LogP contribution in [0.15, 0.2) is 35.3 Å². The number of nitrogens with zero attached hydrogens (tertiary/aromatic N) is 3. The maximum atomic E-state index is 13.2. The van der Waals surface area contributed by atoms with Gasteiger partial charge in [0.15, 0.2) is 0 Å². The molecule has 0 radical (unpaired) electrons. The van der Waals surface area contributed by atoms with E-state index in [1.807, 2.05) is 6.07 Å². The lowest BCUT2D eigenvalue weighted by atomic mass is 10.1. The number of carbonyl (C=O) groups excluding carboxylic acids is 1. The van der Waals surface area contributed by atoms with Crippen molar-refractivity contribution in [2.24, 2.45) is 0 Å². The average molecular weight is 438 g/mol. The van der Waals surface area contributed by atoms with Crippen LogP contribution in [-0.4, -0.2) is 26.4 Å². The number of fused-ring (bicyclic) bond motifs is 2. The van der Waals surface area contributed by atoms with Gasteiger partial charge < -0.3 is 9.88 Å². The first kappa shape index (κ1) is 23.7. The third kappa shape index (κ3) is 5.44. The van der Waals surface area contributed by atoms with E-state index < -0.39 is 0 Å². The predicted molar refractivity (Wildman–Crippen MR) is 128 cm³/mol. The molecule has 7 nitrogen and oxygen atoms in total. The molecule has 3 rings (SSSR count). The Morgan fingerprint density at radius 2 is 1.75 bits per heavy atom. The van der Waals surface area contributed by atoms with Gasteiger partial charge in [0.1, 0.15) is 16.8 Å². The highest BCUT2D eigenvalue weighted by Crippen LogP contribution is 2.12. The van der Waals surface area contributed by atoms with Gasteiger partial charge in [-0.2, -0.15) is 0 Å². The number of aryl methyl sites for hydroxylation is 1. The van der Waals surface area contributed by atoms with Crippen LogP contribution in [0.2, 0.25) is 0 Å². The van der Waals surface area contributed by atoms with Gasteiger partial charge in [-0.15, -0.1) is 0 Å². The Hall–Kier alpha value is -2.96. The van der Waals surface area contributed by atoms with Crippen molar-refractivity contribution in [3.05, 3.63) is 51.9 Å². The highest BCUT2D eigenvalue weighted by molar-refractivity contribution is 5.96. The van der Waals surface area contributed by atoms with Crippen LogP contribution in [-0.2, 0) is 6.54 Å². The molecular formula is C25H35N5O2. The van der Waals surface area contributed by atoms with Crippen LogP contribution in [0.3, 0.4) is 0 Å². The summed E-state index contributed by atoms with van der Waals surface area (Å²) in [5.41, 5.74) is 1.14. The topological polar surface area (TPSA) is 92.2 Å². The van der Waals surface area contributed by atoms with Crippen molar-refractivity contribution in [3.8, 4) is 0 Å². The number of amides is 1. The van der Waals surface area contributed by atoms with Gasteiger partial charge in [0.05, 0.1) is 10.9 Å². The van der Waals surface area contributed by atoms with E-state index in [-0.39, 0.29) is 22.5 Å². The predicted octanol–water partition coefficient (Wildman–Crippen LogP) is 4.41. The normalized spacial score (nSPS) is 11.3. The first-order valence-corrected chi connectivity index (χ1v) is 12.0. The minimum atomic E-state index is -0.299. The molecule has 0 unspecified atom stereocenters. The molecule has 172 valence electrons. The van der Waals surface area contributed by atoms with Gasteiger partial charge >= 0.3 is 0 Å². The van der Waals surface area contributed by atoms with E-state index in [0.29, 0.717) is 29.8 Å². The number of unbranched alkanes of at least 4 members (excludes halogenated alkanes) is 7. The summed E-state index contributed by atoms with van der Waals surface area (Å²) in [5.74, 6) is -0.299. The van der Waals surface area contributed by atoms with Crippen molar-refractivity contribution in [2.75, 3.05) is 6.54 Å². The Labute approximate surface area is 189 Å². The SMILES string of the molecule is CCCCCCCNC(=O)c1cc2c(=O)n3ccccc3nc2n(CCCCCC)c1=N. The van der Waals surface area contributed by atoms with E-state index in [2.05, 4.69) is 24.1 Å². The molecule has 3 heterocycles. The molecule has 0 aromatic carbocycles. The Kier molecular flexibility index (Phi) is 8.59. The maximum absolute atomic E-state index is 13.2. The van der Waals surface area contributed by atoms with Crippen molar-refractivity contribution in [3.63, 3.8) is 0 Å². The first-order valence-electron chi connectivity index (χ1n) is 12.0. The molecule has 0 aliphatic rings. The van der Waals surface area contributed by atoms with Gasteiger partial charge in [-0.3, -0.25) is 19.4 Å². The number of hydrogen-bond acceptors (Lipinski definition) is 4. The fourth-order valence-corrected chi connectivity index (χ4v) is 4.00. The summed E-state index contributed by atoms with van der Waals surface area (Å²) in [6.07, 6.45) is 11.4. The third-order valence-corrected chi connectivity index (χ3v) is 5.86. The zero-order chi connectivity index (χ0) is 22.9. The number of carbonyl (C=O) groups is 1. The average Bonchev–Trinajstić information content (AvgIpc) is 2.80. The zero-order valence-electron chi connectivity index (χ0n) is 19.3. The van der Waals surface area contributed by atoms with Gasteiger partial charge in [0.2, 0.25) is 0 Å². The lowest BCUT2D eigenvalue weighted by Gasteiger charge is -2.15. The number of aromatic nitrogens is 3. The van der Waals surface area contributed by atoms with Gasteiger partial charge in [-0.25, -0.2) is 4.98 Å². The number of nitrogens with one attached hydrogen (secondary N) is 2. The smallest absolute Gasteiger partial charge is 0.267 e. The molecule has 3 aromatic rings. The summed E-state index contributed by atoms with van der Waals surface area (Å²) in [7, 11) is 0. The second kappa shape index (κ2) is 11.6. The second-order valence-corrected chi connectivity index (χ2v) is 8.37. The van der Waals surface area contributed by atoms with Gasteiger partial charge in [-0.1, -0.05) is 64.9 Å². The Morgan fingerprint density at radius 1 is 1.03 bits per heavy atom. The molecule has 0 bridgehead atoms. The van der Waals surface area contributed by atoms with Crippen molar-refractivity contribution in [1.29, 1.82) is 5.41 Å². The maximum Gasteiger partial charge on any atom is 0.267 e. The highest BCUT2D eigenvalue weighted by Gasteiger charge is 2.17. The molecule has 0 saturated heterocycles. The lowest BCUT2D eigenvalue weighted by Crippen LogP contribution is -2.35. The number of hydrogen-bond donors (Lipinski definition) is 2. The molecule has 0 aliphatic heterocycles. The first-order chi connectivity index (χ1) is 15.6. The Bertz CT molecular complexity index is 1180. The summed E-state index contributed by atoms with van der Waals surface area (Å²) in [6, 6.07) is 6.95. The van der Waals surface area contributed by atoms with Crippen LogP contribution >= 0.6 is 0 Å². The molecule has 32 heavy (non-hydrogen) atoms. The molecule has 0 aliphatic carbocycles. The highest BCUT2D eigenvalue weighted by atomic mass is 16.1. The fourth-order valence-electron chi connectivity index (χ4n) is 4.00. The summed E-state index contributed by atoms with van der Waals surface area (Å²) in [5, 5.41) is 12.1. The summed E-state index contributed by atoms with van der Waals surface area (Å²) in [4.78, 5) is 30.8. The van der Waals surface area contributed by atoms with Crippen molar-refractivity contribution in [1.82, 2.24) is 19.3 Å². The Morgan fingerprint density at radius 3 is 2.50 bits per heavy atom. The minimum Gasteiger partial charge on any atom is -0.352 e. The van der Waals surface area contributed by atoms with Gasteiger partial charge in [0, 0.05) is 19.3 Å². The number of rotatable bonds is 12. The van der Waals surface area contributed by atoms with Crippen LogP contribution in [0.5, 0.6) is 0 Å². The van der Waals surface area contributed by atoms with Gasteiger partial charge in [-0.05, 0) is 31.0 Å². The zero-order valence-corrected chi connectivity index (χ0v) is 19.3. The van der Waals surface area contributed by atoms with Crippen LogP contribution < -0.4 is 16.4 Å². The van der Waals surface area contributed by atoms with Crippen LogP contribution in [0.25, 0.3) is 16.7 Å². The quantitative estimate of drug-likeness (QED) is 0.325. The lowest BCUT2D eigenvalue weighted by molar-refractivity contribution is 0.0950. The molecule has 0 atom stereocenters. The Balaban J connectivity index is 1.97. The molecule has 2 N–H and O–H groups in total. The summed E-state index contributed by atoms with van der Waals surface area (Å²) in [6.45, 7) is 5.46. The van der Waals surface area contributed by atoms with E-state index in [9.17, 15) is 9.59 Å². The van der Waals surface area contributed by atoms with E-state index in [1.165, 1.54) is 23.7 Å². The van der Waals surface area contributed by atoms with Crippen molar-refractivity contribution in [2.45, 2.75) is 78.2 Å². The van der Waals surface area contributed by atoms with E-state index in [4.69, 9.17) is 5.41 Å². The van der Waals surface area contributed by atoms with Gasteiger partial charge in [0.25, 0.3) is 11.5 Å². The monoisotopic (exact) mass is 437 g/mol. The second-order valence-electron chi connectivity index (χ2n) is 8.37.